The van der Waals surface area contributed by atoms with Gasteiger partial charge < -0.3 is 4.74 Å². The van der Waals surface area contributed by atoms with Crippen LogP contribution in [0.25, 0.3) is 0 Å². The van der Waals surface area contributed by atoms with Crippen molar-refractivity contribution in [3.63, 3.8) is 0 Å². The Labute approximate surface area is 70.9 Å². The lowest BCUT2D eigenvalue weighted by Gasteiger charge is -2.02. The lowest BCUT2D eigenvalue weighted by atomic mass is 10.4. The van der Waals surface area contributed by atoms with E-state index in [9.17, 15) is 18.0 Å². The van der Waals surface area contributed by atoms with E-state index in [0.29, 0.717) is 0 Å². The molecule has 0 aliphatic rings. The molecule has 0 bridgehead atoms. The van der Waals surface area contributed by atoms with E-state index in [2.05, 4.69) is 9.84 Å². The zero-order valence-electron chi connectivity index (χ0n) is 6.50. The molecule has 0 amide bonds. The number of nitrogens with zero attached hydrogens (tertiary/aromatic N) is 2. The molecule has 0 saturated carbocycles. The zero-order chi connectivity index (χ0) is 10.1. The number of ether oxygens (including phenoxy) is 1. The van der Waals surface area contributed by atoms with Gasteiger partial charge in [0, 0.05) is 7.05 Å². The van der Waals surface area contributed by atoms with Crippen LogP contribution in [0.1, 0.15) is 5.69 Å². The zero-order valence-corrected chi connectivity index (χ0v) is 6.50. The van der Waals surface area contributed by atoms with E-state index in [-0.39, 0.29) is 6.47 Å². The summed E-state index contributed by atoms with van der Waals surface area (Å²) < 4.78 is 41.4. The molecule has 0 spiro atoms. The minimum Gasteiger partial charge on any atom is -0.425 e. The number of rotatable bonds is 2. The molecule has 1 heterocycles. The van der Waals surface area contributed by atoms with Crippen molar-refractivity contribution in [1.29, 1.82) is 0 Å². The Bertz CT molecular complexity index is 318. The minimum atomic E-state index is -4.61. The van der Waals surface area contributed by atoms with Gasteiger partial charge in [0.25, 0.3) is 6.47 Å². The Morgan fingerprint density at radius 3 is 2.69 bits per heavy atom. The molecule has 0 N–H and O–H groups in total. The molecule has 0 aliphatic carbocycles. The molecule has 0 unspecified atom stereocenters. The monoisotopic (exact) mass is 194 g/mol. The van der Waals surface area contributed by atoms with Crippen LogP contribution in [0, 0.1) is 0 Å². The van der Waals surface area contributed by atoms with Crippen LogP contribution >= 0.6 is 0 Å². The summed E-state index contributed by atoms with van der Waals surface area (Å²) >= 11 is 0. The lowest BCUT2D eigenvalue weighted by molar-refractivity contribution is -0.143. The van der Waals surface area contributed by atoms with Crippen molar-refractivity contribution in [3.05, 3.63) is 11.9 Å². The molecule has 1 aromatic heterocycles. The Kier molecular flexibility index (Phi) is 2.26. The fourth-order valence-electron chi connectivity index (χ4n) is 0.801. The number of hydrogen-bond acceptors (Lipinski definition) is 3. The van der Waals surface area contributed by atoms with E-state index in [4.69, 9.17) is 0 Å². The Morgan fingerprint density at radius 2 is 2.23 bits per heavy atom. The second-order valence-electron chi connectivity index (χ2n) is 2.23. The van der Waals surface area contributed by atoms with E-state index in [1.165, 1.54) is 7.05 Å². The van der Waals surface area contributed by atoms with Crippen LogP contribution in [0.2, 0.25) is 0 Å². The van der Waals surface area contributed by atoms with Gasteiger partial charge in [0.2, 0.25) is 5.69 Å². The van der Waals surface area contributed by atoms with Gasteiger partial charge in [-0.1, -0.05) is 0 Å². The molecular formula is C6H5F3N2O2. The van der Waals surface area contributed by atoms with Gasteiger partial charge in [-0.2, -0.15) is 18.3 Å². The van der Waals surface area contributed by atoms with Crippen molar-refractivity contribution in [3.8, 4) is 5.75 Å². The second kappa shape index (κ2) is 3.08. The van der Waals surface area contributed by atoms with Crippen LogP contribution in [0.3, 0.4) is 0 Å². The number of aromatic nitrogens is 2. The van der Waals surface area contributed by atoms with E-state index in [0.717, 1.165) is 10.9 Å². The third kappa shape index (κ3) is 1.98. The third-order valence-corrected chi connectivity index (χ3v) is 1.24. The first-order valence-corrected chi connectivity index (χ1v) is 3.16. The highest BCUT2D eigenvalue weighted by molar-refractivity contribution is 5.46. The van der Waals surface area contributed by atoms with Gasteiger partial charge in [0.15, 0.2) is 5.75 Å². The smallest absolute Gasteiger partial charge is 0.425 e. The average molecular weight is 194 g/mol. The predicted octanol–water partition coefficient (Wildman–Crippen LogP) is 0.974. The fourth-order valence-corrected chi connectivity index (χ4v) is 0.801. The highest BCUT2D eigenvalue weighted by Gasteiger charge is 2.38. The summed E-state index contributed by atoms with van der Waals surface area (Å²) in [6.07, 6.45) is -3.64. The van der Waals surface area contributed by atoms with Gasteiger partial charge in [-0.25, -0.2) is 0 Å². The van der Waals surface area contributed by atoms with E-state index < -0.39 is 17.6 Å². The van der Waals surface area contributed by atoms with Crippen LogP contribution in [0.4, 0.5) is 13.2 Å². The Hall–Kier alpha value is -1.53. The van der Waals surface area contributed by atoms with Crippen molar-refractivity contribution < 1.29 is 22.7 Å². The van der Waals surface area contributed by atoms with Gasteiger partial charge in [-0.3, -0.25) is 9.48 Å². The highest BCUT2D eigenvalue weighted by atomic mass is 19.4. The molecule has 1 rings (SSSR count). The molecule has 4 nitrogen and oxygen atoms in total. The topological polar surface area (TPSA) is 44.1 Å². The molecule has 0 atom stereocenters. The molecule has 0 aromatic carbocycles. The average Bonchev–Trinajstić information content (AvgIpc) is 2.30. The Morgan fingerprint density at radius 1 is 1.62 bits per heavy atom. The molecule has 1 aromatic rings. The number of carbonyl (C=O) groups is 1. The molecular weight excluding hydrogens is 189 g/mol. The summed E-state index contributed by atoms with van der Waals surface area (Å²) in [7, 11) is 1.30. The van der Waals surface area contributed by atoms with Crippen LogP contribution in [-0.4, -0.2) is 16.3 Å². The van der Waals surface area contributed by atoms with Gasteiger partial charge in [0.1, 0.15) is 0 Å². The van der Waals surface area contributed by atoms with Crippen LogP contribution in [-0.2, 0) is 18.0 Å². The predicted molar refractivity (Wildman–Crippen MR) is 34.9 cm³/mol. The van der Waals surface area contributed by atoms with Crippen molar-refractivity contribution >= 4 is 6.47 Å². The SMILES string of the molecule is Cn1cc(OC=O)c(C(F)(F)F)n1. The first-order valence-electron chi connectivity index (χ1n) is 3.16. The summed E-state index contributed by atoms with van der Waals surface area (Å²) in [5.41, 5.74) is -1.21. The van der Waals surface area contributed by atoms with Crippen molar-refractivity contribution in [1.82, 2.24) is 9.78 Å². The number of aryl methyl sites for hydroxylation is 1. The lowest BCUT2D eigenvalue weighted by Crippen LogP contribution is -2.08. The van der Waals surface area contributed by atoms with Gasteiger partial charge in [-0.15, -0.1) is 0 Å². The molecule has 7 heteroatoms. The maximum Gasteiger partial charge on any atom is 0.438 e. The van der Waals surface area contributed by atoms with Crippen molar-refractivity contribution in [2.45, 2.75) is 6.18 Å². The maximum atomic E-state index is 12.1. The van der Waals surface area contributed by atoms with Crippen LogP contribution < -0.4 is 4.74 Å². The van der Waals surface area contributed by atoms with Gasteiger partial charge in [-0.05, 0) is 0 Å². The third-order valence-electron chi connectivity index (χ3n) is 1.24. The van der Waals surface area contributed by atoms with Crippen molar-refractivity contribution in [2.24, 2.45) is 7.05 Å². The summed E-state index contributed by atoms with van der Waals surface area (Å²) in [6, 6.07) is 0. The van der Waals surface area contributed by atoms with E-state index in [1.54, 1.807) is 0 Å². The van der Waals surface area contributed by atoms with Crippen LogP contribution in [0.5, 0.6) is 5.75 Å². The first kappa shape index (κ1) is 9.56. The fraction of sp³-hybridized carbons (Fsp3) is 0.333. The molecule has 0 fully saturated rings. The molecule has 0 saturated heterocycles. The minimum absolute atomic E-state index is 0.0771. The highest BCUT2D eigenvalue weighted by Crippen LogP contribution is 2.34. The summed E-state index contributed by atoms with van der Waals surface area (Å²) in [5, 5.41) is 3.11. The van der Waals surface area contributed by atoms with Crippen LogP contribution in [0.15, 0.2) is 6.20 Å². The maximum absolute atomic E-state index is 12.1. The summed E-state index contributed by atoms with van der Waals surface area (Å²) in [6.45, 7) is -0.0771. The van der Waals surface area contributed by atoms with E-state index >= 15 is 0 Å². The first-order chi connectivity index (χ1) is 5.95. The number of carbonyl (C=O) groups excluding carboxylic acids is 1. The van der Waals surface area contributed by atoms with E-state index in [1.807, 2.05) is 0 Å². The van der Waals surface area contributed by atoms with Gasteiger partial charge in [0.05, 0.1) is 6.20 Å². The normalized spacial score (nSPS) is 11.4. The molecule has 0 aliphatic heterocycles. The standard InChI is InChI=1S/C6H5F3N2O2/c1-11-2-4(13-3-12)5(10-11)6(7,8)9/h2-3H,1H3. The molecule has 13 heavy (non-hydrogen) atoms. The largest absolute Gasteiger partial charge is 0.438 e. The Balaban J connectivity index is 3.11. The summed E-state index contributed by atoms with van der Waals surface area (Å²) in [4.78, 5) is 9.84. The molecule has 72 valence electrons. The molecule has 0 radical (unpaired) electrons. The van der Waals surface area contributed by atoms with Gasteiger partial charge >= 0.3 is 6.18 Å². The van der Waals surface area contributed by atoms with Crippen molar-refractivity contribution in [2.75, 3.05) is 0 Å². The quantitative estimate of drug-likeness (QED) is 0.659. The summed E-state index contributed by atoms with van der Waals surface area (Å²) in [5.74, 6) is -0.593. The second-order valence-corrected chi connectivity index (χ2v) is 2.23. The number of alkyl halides is 3. The number of hydrogen-bond donors (Lipinski definition) is 0. The number of halogens is 3.